The Bertz CT molecular complexity index is 1290. The topological polar surface area (TPSA) is 97.8 Å². The largest absolute Gasteiger partial charge is 0.454 e. The van der Waals surface area contributed by atoms with E-state index < -0.39 is 10.0 Å². The van der Waals surface area contributed by atoms with E-state index in [0.29, 0.717) is 34.5 Å². The fourth-order valence-corrected chi connectivity index (χ4v) is 6.16. The third-order valence-electron chi connectivity index (χ3n) is 5.68. The number of thiazole rings is 1. The number of carbonyl (C=O) groups is 1. The number of nitrogens with zero attached hydrogens (tertiary/aromatic N) is 2. The van der Waals surface area contributed by atoms with Gasteiger partial charge in [-0.25, -0.2) is 13.4 Å². The molecule has 1 fully saturated rings. The third kappa shape index (κ3) is 4.56. The van der Waals surface area contributed by atoms with Gasteiger partial charge in [0.25, 0.3) is 0 Å². The van der Waals surface area contributed by atoms with E-state index >= 15 is 0 Å². The van der Waals surface area contributed by atoms with Gasteiger partial charge < -0.3 is 14.8 Å². The van der Waals surface area contributed by atoms with Crippen LogP contribution >= 0.6 is 22.9 Å². The smallest absolute Gasteiger partial charge is 0.243 e. The van der Waals surface area contributed by atoms with Crippen LogP contribution in [0.4, 0.5) is 5.13 Å². The molecule has 11 heteroatoms. The molecular weight excluding hydrogens is 486 g/mol. The maximum absolute atomic E-state index is 12.8. The van der Waals surface area contributed by atoms with Gasteiger partial charge in [-0.1, -0.05) is 11.6 Å². The fourth-order valence-electron chi connectivity index (χ4n) is 3.84. The Morgan fingerprint density at radius 3 is 2.58 bits per heavy atom. The monoisotopic (exact) mass is 505 g/mol. The molecule has 2 aliphatic rings. The maximum atomic E-state index is 12.8. The predicted molar refractivity (Wildman–Crippen MR) is 125 cm³/mol. The van der Waals surface area contributed by atoms with Gasteiger partial charge in [0.1, 0.15) is 0 Å². The van der Waals surface area contributed by atoms with Crippen LogP contribution in [0.25, 0.3) is 11.3 Å². The molecular formula is C22H20ClN3O5S2. The number of benzene rings is 2. The summed E-state index contributed by atoms with van der Waals surface area (Å²) in [4.78, 5) is 17.5. The van der Waals surface area contributed by atoms with Crippen molar-refractivity contribution >= 4 is 44.0 Å². The first kappa shape index (κ1) is 22.1. The van der Waals surface area contributed by atoms with Gasteiger partial charge in [0, 0.05) is 35.0 Å². The number of sulfonamides is 1. The van der Waals surface area contributed by atoms with Gasteiger partial charge >= 0.3 is 0 Å². The van der Waals surface area contributed by atoms with Gasteiger partial charge in [-0.05, 0) is 55.3 Å². The van der Waals surface area contributed by atoms with Crippen molar-refractivity contribution in [3.63, 3.8) is 0 Å². The quantitative estimate of drug-likeness (QED) is 0.557. The first-order valence-corrected chi connectivity index (χ1v) is 13.0. The number of amides is 1. The van der Waals surface area contributed by atoms with E-state index in [1.54, 1.807) is 12.1 Å². The van der Waals surface area contributed by atoms with Crippen molar-refractivity contribution in [1.82, 2.24) is 9.29 Å². The van der Waals surface area contributed by atoms with Crippen LogP contribution in [0.5, 0.6) is 11.5 Å². The number of rotatable bonds is 5. The summed E-state index contributed by atoms with van der Waals surface area (Å²) in [6.45, 7) is 0.768. The van der Waals surface area contributed by atoms with Crippen LogP contribution in [0, 0.1) is 5.92 Å². The molecule has 0 unspecified atom stereocenters. The fraction of sp³-hybridized carbons (Fsp3) is 0.273. The van der Waals surface area contributed by atoms with E-state index in [9.17, 15) is 13.2 Å². The van der Waals surface area contributed by atoms with Crippen LogP contribution in [0.1, 0.15) is 12.8 Å². The molecule has 3 aromatic rings. The number of piperidine rings is 1. The highest BCUT2D eigenvalue weighted by Gasteiger charge is 2.32. The molecule has 0 saturated carbocycles. The zero-order valence-corrected chi connectivity index (χ0v) is 19.8. The van der Waals surface area contributed by atoms with E-state index in [2.05, 4.69) is 10.3 Å². The molecule has 0 radical (unpaired) electrons. The molecule has 0 aliphatic carbocycles. The van der Waals surface area contributed by atoms with Crippen LogP contribution in [0.15, 0.2) is 52.7 Å². The first-order valence-electron chi connectivity index (χ1n) is 10.3. The van der Waals surface area contributed by atoms with E-state index in [1.165, 1.54) is 27.8 Å². The second-order valence-corrected chi connectivity index (χ2v) is 11.0. The average Bonchev–Trinajstić information content (AvgIpc) is 3.48. The summed E-state index contributed by atoms with van der Waals surface area (Å²) in [5, 5.41) is 5.73. The lowest BCUT2D eigenvalue weighted by Crippen LogP contribution is -2.41. The van der Waals surface area contributed by atoms with Crippen LogP contribution < -0.4 is 14.8 Å². The van der Waals surface area contributed by atoms with Gasteiger partial charge in [0.15, 0.2) is 16.6 Å². The van der Waals surface area contributed by atoms with E-state index in [1.807, 2.05) is 23.6 Å². The zero-order valence-electron chi connectivity index (χ0n) is 17.4. The second-order valence-electron chi connectivity index (χ2n) is 7.73. The summed E-state index contributed by atoms with van der Waals surface area (Å²) in [5.74, 6) is 0.947. The molecule has 3 heterocycles. The summed E-state index contributed by atoms with van der Waals surface area (Å²) in [6, 6.07) is 11.7. The van der Waals surface area contributed by atoms with Gasteiger partial charge in [-0.3, -0.25) is 4.79 Å². The van der Waals surface area contributed by atoms with Gasteiger partial charge in [0.2, 0.25) is 22.7 Å². The second kappa shape index (κ2) is 8.94. The van der Waals surface area contributed by atoms with Crippen LogP contribution in [0.2, 0.25) is 5.02 Å². The lowest BCUT2D eigenvalue weighted by molar-refractivity contribution is -0.120. The molecule has 1 amide bonds. The van der Waals surface area contributed by atoms with Crippen LogP contribution in [-0.2, 0) is 14.8 Å². The Hall–Kier alpha value is -2.66. The van der Waals surface area contributed by atoms with E-state index in [0.717, 1.165) is 11.3 Å². The number of hydrogen-bond acceptors (Lipinski definition) is 7. The van der Waals surface area contributed by atoms with Crippen molar-refractivity contribution in [3.8, 4) is 22.8 Å². The standard InChI is InChI=1S/C22H20ClN3O5S2/c23-16-2-4-17(5-3-16)33(28,29)26-9-7-14(8-10-26)21(27)25-22-24-18(12-32-22)15-1-6-19-20(11-15)31-13-30-19/h1-6,11-12,14H,7-10,13H2,(H,24,25,27). The molecule has 1 saturated heterocycles. The van der Waals surface area contributed by atoms with Crippen LogP contribution in [-0.4, -0.2) is 43.5 Å². The summed E-state index contributed by atoms with van der Waals surface area (Å²) in [7, 11) is -3.60. The number of aromatic nitrogens is 1. The van der Waals surface area contributed by atoms with Gasteiger partial charge in [-0.15, -0.1) is 11.3 Å². The molecule has 8 nitrogen and oxygen atoms in total. The molecule has 2 aliphatic heterocycles. The molecule has 0 bridgehead atoms. The lowest BCUT2D eigenvalue weighted by atomic mass is 9.97. The first-order chi connectivity index (χ1) is 15.9. The summed E-state index contributed by atoms with van der Waals surface area (Å²) in [6.07, 6.45) is 0.887. The lowest BCUT2D eigenvalue weighted by Gasteiger charge is -2.30. The highest BCUT2D eigenvalue weighted by Crippen LogP contribution is 2.36. The number of nitrogens with one attached hydrogen (secondary N) is 1. The highest BCUT2D eigenvalue weighted by atomic mass is 35.5. The molecule has 1 aromatic heterocycles. The number of halogens is 1. The number of hydrogen-bond donors (Lipinski definition) is 1. The van der Waals surface area contributed by atoms with E-state index in [4.69, 9.17) is 21.1 Å². The minimum atomic E-state index is -3.60. The Balaban J connectivity index is 1.19. The number of carbonyl (C=O) groups excluding carboxylic acids is 1. The summed E-state index contributed by atoms with van der Waals surface area (Å²) >= 11 is 7.20. The van der Waals surface area contributed by atoms with Crippen LogP contribution in [0.3, 0.4) is 0 Å². The van der Waals surface area contributed by atoms with Crippen molar-refractivity contribution in [1.29, 1.82) is 0 Å². The van der Waals surface area contributed by atoms with Gasteiger partial charge in [0.05, 0.1) is 10.6 Å². The predicted octanol–water partition coefficient (Wildman–Crippen LogP) is 4.23. The SMILES string of the molecule is O=C(Nc1nc(-c2ccc3c(c2)OCO3)cs1)C1CCN(S(=O)(=O)c2ccc(Cl)cc2)CC1. The van der Waals surface area contributed by atoms with Crippen molar-refractivity contribution in [2.24, 2.45) is 5.92 Å². The summed E-state index contributed by atoms with van der Waals surface area (Å²) < 4.78 is 37.8. The van der Waals surface area contributed by atoms with Crippen molar-refractivity contribution in [3.05, 3.63) is 52.9 Å². The number of anilines is 1. The molecule has 0 spiro atoms. The Morgan fingerprint density at radius 1 is 1.09 bits per heavy atom. The maximum Gasteiger partial charge on any atom is 0.243 e. The Labute approximate surface area is 200 Å². The normalized spacial score (nSPS) is 16.6. The minimum absolute atomic E-state index is 0.148. The van der Waals surface area contributed by atoms with Crippen molar-refractivity contribution in [2.75, 3.05) is 25.2 Å². The summed E-state index contributed by atoms with van der Waals surface area (Å²) in [5.41, 5.74) is 1.61. The Morgan fingerprint density at radius 2 is 1.82 bits per heavy atom. The minimum Gasteiger partial charge on any atom is -0.454 e. The Kier molecular flexibility index (Phi) is 6.00. The average molecular weight is 506 g/mol. The highest BCUT2D eigenvalue weighted by molar-refractivity contribution is 7.89. The van der Waals surface area contributed by atoms with Crippen molar-refractivity contribution < 1.29 is 22.7 Å². The molecule has 5 rings (SSSR count). The molecule has 0 atom stereocenters. The zero-order chi connectivity index (χ0) is 23.0. The van der Waals surface area contributed by atoms with Gasteiger partial charge in [-0.2, -0.15) is 4.31 Å². The van der Waals surface area contributed by atoms with Crippen molar-refractivity contribution in [2.45, 2.75) is 17.7 Å². The number of fused-ring (bicyclic) bond motifs is 1. The molecule has 33 heavy (non-hydrogen) atoms. The third-order valence-corrected chi connectivity index (χ3v) is 8.60. The number of ether oxygens (including phenoxy) is 2. The molecule has 1 N–H and O–H groups in total. The molecule has 2 aromatic carbocycles. The molecule has 172 valence electrons. The van der Waals surface area contributed by atoms with E-state index in [-0.39, 0.29) is 36.6 Å².